The van der Waals surface area contributed by atoms with Crippen LogP contribution in [0.15, 0.2) is 29.1 Å². The summed E-state index contributed by atoms with van der Waals surface area (Å²) in [6.07, 6.45) is -4.75. The fourth-order valence-electron chi connectivity index (χ4n) is 3.64. The molecule has 3 heterocycles. The fourth-order valence-corrected chi connectivity index (χ4v) is 3.64. The van der Waals surface area contributed by atoms with Gasteiger partial charge in [-0.1, -0.05) is 6.92 Å². The zero-order valence-corrected chi connectivity index (χ0v) is 18.4. The predicted octanol–water partition coefficient (Wildman–Crippen LogP) is 3.83. The first-order valence-corrected chi connectivity index (χ1v) is 10.4. The summed E-state index contributed by atoms with van der Waals surface area (Å²) >= 11 is 0. The molecule has 13 heteroatoms. The number of pyridine rings is 1. The molecule has 0 bridgehead atoms. The summed E-state index contributed by atoms with van der Waals surface area (Å²) in [6, 6.07) is 4.26. The molecule has 0 radical (unpaired) electrons. The van der Waals surface area contributed by atoms with Crippen molar-refractivity contribution in [2.24, 2.45) is 0 Å². The smallest absolute Gasteiger partial charge is 0.447 e. The van der Waals surface area contributed by atoms with Gasteiger partial charge in [-0.3, -0.25) is 4.79 Å². The molecular formula is C21H21F3N6O4. The van der Waals surface area contributed by atoms with E-state index < -0.39 is 29.8 Å². The Hall–Kier alpha value is -3.90. The Morgan fingerprint density at radius 2 is 2.03 bits per heavy atom. The van der Waals surface area contributed by atoms with Crippen molar-refractivity contribution >= 4 is 28.9 Å². The van der Waals surface area contributed by atoms with E-state index in [9.17, 15) is 22.8 Å². The molecule has 0 unspecified atom stereocenters. The first-order valence-electron chi connectivity index (χ1n) is 10.4. The van der Waals surface area contributed by atoms with Gasteiger partial charge >= 0.3 is 12.5 Å². The van der Waals surface area contributed by atoms with Crippen LogP contribution in [0, 0.1) is 6.92 Å². The largest absolute Gasteiger partial charge is 0.573 e. The van der Waals surface area contributed by atoms with Crippen LogP contribution in [-0.2, 0) is 4.74 Å². The second-order valence-corrected chi connectivity index (χ2v) is 7.73. The number of hydrogen-bond acceptors (Lipinski definition) is 8. The summed E-state index contributed by atoms with van der Waals surface area (Å²) in [4.78, 5) is 41.5. The molecule has 34 heavy (non-hydrogen) atoms. The molecule has 1 fully saturated rings. The van der Waals surface area contributed by atoms with Crippen molar-refractivity contribution in [3.8, 4) is 5.75 Å². The zero-order valence-electron chi connectivity index (χ0n) is 18.4. The van der Waals surface area contributed by atoms with E-state index in [2.05, 4.69) is 30.0 Å². The lowest BCUT2D eigenvalue weighted by atomic mass is 10.1. The maximum absolute atomic E-state index is 12.6. The lowest BCUT2D eigenvalue weighted by Crippen LogP contribution is -2.35. The summed E-state index contributed by atoms with van der Waals surface area (Å²) in [5, 5.41) is 3.35. The molecule has 1 aliphatic heterocycles. The Morgan fingerprint density at radius 1 is 1.26 bits per heavy atom. The van der Waals surface area contributed by atoms with Crippen LogP contribution < -0.4 is 20.5 Å². The minimum Gasteiger partial charge on any atom is -0.447 e. The van der Waals surface area contributed by atoms with E-state index in [0.29, 0.717) is 23.1 Å². The molecule has 0 aliphatic carbocycles. The second-order valence-electron chi connectivity index (χ2n) is 7.73. The van der Waals surface area contributed by atoms with Gasteiger partial charge in [-0.25, -0.2) is 9.69 Å². The van der Waals surface area contributed by atoms with Crippen LogP contribution >= 0.6 is 0 Å². The summed E-state index contributed by atoms with van der Waals surface area (Å²) in [7, 11) is 0. The summed E-state index contributed by atoms with van der Waals surface area (Å²) in [5.41, 5.74) is 0.160. The van der Waals surface area contributed by atoms with Crippen molar-refractivity contribution in [3.05, 3.63) is 46.0 Å². The van der Waals surface area contributed by atoms with Crippen molar-refractivity contribution in [2.45, 2.75) is 45.6 Å². The quantitative estimate of drug-likeness (QED) is 0.548. The van der Waals surface area contributed by atoms with Gasteiger partial charge in [0, 0.05) is 16.5 Å². The number of aryl methyl sites for hydroxylation is 1. The highest BCUT2D eigenvalue weighted by Crippen LogP contribution is 2.27. The van der Waals surface area contributed by atoms with Gasteiger partial charge in [0.2, 0.25) is 11.9 Å². The van der Waals surface area contributed by atoms with Gasteiger partial charge in [0.05, 0.1) is 12.1 Å². The number of amides is 1. The number of cyclic esters (lactones) is 1. The minimum absolute atomic E-state index is 0.123. The number of anilines is 2. The molecule has 0 spiro atoms. The van der Waals surface area contributed by atoms with Crippen LogP contribution in [0.5, 0.6) is 5.75 Å². The number of ether oxygens (including phenoxy) is 2. The Morgan fingerprint density at radius 3 is 2.74 bits per heavy atom. The van der Waals surface area contributed by atoms with E-state index in [4.69, 9.17) is 4.74 Å². The summed E-state index contributed by atoms with van der Waals surface area (Å²) < 4.78 is 46.7. The molecule has 10 nitrogen and oxygen atoms in total. The van der Waals surface area contributed by atoms with Gasteiger partial charge < -0.3 is 19.8 Å². The number of aromatic nitrogens is 4. The number of alkyl halides is 3. The third-order valence-electron chi connectivity index (χ3n) is 5.27. The third-order valence-corrected chi connectivity index (χ3v) is 5.27. The topological polar surface area (TPSA) is 122 Å². The van der Waals surface area contributed by atoms with Crippen LogP contribution in [0.4, 0.5) is 29.9 Å². The molecule has 2 atom stereocenters. The van der Waals surface area contributed by atoms with E-state index in [1.54, 1.807) is 13.8 Å². The van der Waals surface area contributed by atoms with Crippen LogP contribution in [0.2, 0.25) is 0 Å². The van der Waals surface area contributed by atoms with E-state index in [-0.39, 0.29) is 30.1 Å². The predicted molar refractivity (Wildman–Crippen MR) is 116 cm³/mol. The van der Waals surface area contributed by atoms with Crippen LogP contribution in [0.3, 0.4) is 0 Å². The number of rotatable bonds is 6. The number of carbonyl (C=O) groups is 1. The lowest BCUT2D eigenvalue weighted by molar-refractivity contribution is -0.274. The molecule has 1 saturated heterocycles. The number of nitrogens with zero attached hydrogens (tertiary/aromatic N) is 4. The number of aromatic amines is 1. The number of H-pyrrole nitrogens is 1. The highest BCUT2D eigenvalue weighted by Gasteiger charge is 2.35. The highest BCUT2D eigenvalue weighted by atomic mass is 19.4. The van der Waals surface area contributed by atoms with Crippen LogP contribution in [0.1, 0.15) is 37.7 Å². The SMILES string of the molecule is CC[C@H]1COC(=O)N1c1nc(C)nc(N[C@@H](C)c2cc3cc(OC(F)(F)F)ccc3[nH]c2=O)n1. The van der Waals surface area contributed by atoms with E-state index in [1.165, 1.54) is 23.1 Å². The van der Waals surface area contributed by atoms with Gasteiger partial charge in [0.1, 0.15) is 18.2 Å². The van der Waals surface area contributed by atoms with Gasteiger partial charge in [0.25, 0.3) is 5.56 Å². The summed E-state index contributed by atoms with van der Waals surface area (Å²) in [5.74, 6) is 0.186. The third kappa shape index (κ3) is 4.87. The van der Waals surface area contributed by atoms with Crippen molar-refractivity contribution in [3.63, 3.8) is 0 Å². The van der Waals surface area contributed by atoms with Gasteiger partial charge in [-0.15, -0.1) is 13.2 Å². The van der Waals surface area contributed by atoms with Crippen LogP contribution in [0.25, 0.3) is 10.9 Å². The number of benzene rings is 1. The molecule has 2 N–H and O–H groups in total. The Kier molecular flexibility index (Phi) is 6.02. The van der Waals surface area contributed by atoms with Crippen molar-refractivity contribution in [1.29, 1.82) is 0 Å². The highest BCUT2D eigenvalue weighted by molar-refractivity contribution is 5.88. The van der Waals surface area contributed by atoms with Crippen LogP contribution in [-0.4, -0.2) is 45.0 Å². The zero-order chi connectivity index (χ0) is 24.6. The molecular weight excluding hydrogens is 457 g/mol. The first kappa shape index (κ1) is 23.3. The average molecular weight is 478 g/mol. The maximum Gasteiger partial charge on any atom is 0.573 e. The van der Waals surface area contributed by atoms with Gasteiger partial charge in [-0.2, -0.15) is 15.0 Å². The van der Waals surface area contributed by atoms with Crippen molar-refractivity contribution in [2.75, 3.05) is 16.8 Å². The maximum atomic E-state index is 12.6. The Balaban J connectivity index is 1.63. The number of fused-ring (bicyclic) bond motifs is 1. The molecule has 2 aromatic heterocycles. The number of hydrogen-bond donors (Lipinski definition) is 2. The van der Waals surface area contributed by atoms with Gasteiger partial charge in [0.15, 0.2) is 0 Å². The average Bonchev–Trinajstić information content (AvgIpc) is 3.12. The standard InChI is InChI=1S/C21H21F3N6O4/c1-4-13-9-33-20(32)30(13)19-27-11(3)26-18(29-19)25-10(2)15-8-12-7-14(34-21(22,23)24)5-6-16(12)28-17(15)31/h5-8,10,13H,4,9H2,1-3H3,(H,28,31)(H,25,26,27,29)/t10-,13-/m0/s1. The number of nitrogens with one attached hydrogen (secondary N) is 2. The van der Waals surface area contributed by atoms with Crippen molar-refractivity contribution in [1.82, 2.24) is 19.9 Å². The van der Waals surface area contributed by atoms with E-state index in [0.717, 1.165) is 6.07 Å². The summed E-state index contributed by atoms with van der Waals surface area (Å²) in [6.45, 7) is 5.44. The van der Waals surface area contributed by atoms with Crippen molar-refractivity contribution < 1.29 is 27.4 Å². The molecule has 3 aromatic rings. The van der Waals surface area contributed by atoms with Gasteiger partial charge in [-0.05, 0) is 44.5 Å². The Bertz CT molecular complexity index is 1300. The molecule has 1 amide bonds. The van der Waals surface area contributed by atoms with E-state index >= 15 is 0 Å². The van der Waals surface area contributed by atoms with E-state index in [1.807, 2.05) is 6.92 Å². The lowest BCUT2D eigenvalue weighted by Gasteiger charge is -2.20. The molecule has 1 aromatic carbocycles. The number of carbonyl (C=O) groups excluding carboxylic acids is 1. The molecule has 4 rings (SSSR count). The molecule has 1 aliphatic rings. The minimum atomic E-state index is -4.83. The number of halogens is 3. The molecule has 180 valence electrons. The Labute approximate surface area is 191 Å². The second kappa shape index (κ2) is 8.80. The fraction of sp³-hybridized carbons (Fsp3) is 0.381. The molecule has 0 saturated carbocycles. The first-order chi connectivity index (χ1) is 16.0. The monoisotopic (exact) mass is 478 g/mol. The normalized spacial score (nSPS) is 17.1.